The average molecular weight is 995 g/mol. The van der Waals surface area contributed by atoms with Gasteiger partial charge in [-0.2, -0.15) is 4.39 Å². The predicted molar refractivity (Wildman–Crippen MR) is 261 cm³/mol. The maximum absolute atomic E-state index is 13.1. The van der Waals surface area contributed by atoms with Crippen LogP contribution in [0.4, 0.5) is 4.39 Å². The molecule has 0 aromatic carbocycles. The van der Waals surface area contributed by atoms with E-state index in [-0.39, 0.29) is 128 Å². The van der Waals surface area contributed by atoms with E-state index >= 15 is 0 Å². The molecule has 21 heteroatoms. The Morgan fingerprint density at radius 1 is 0.464 bits per heavy atom. The number of hydrogen-bond donors (Lipinski definition) is 8. The van der Waals surface area contributed by atoms with Crippen molar-refractivity contribution in [2.24, 2.45) is 5.73 Å². The second-order valence-corrected chi connectivity index (χ2v) is 15.9. The number of nitrogens with one attached hydrogen (secondary N) is 5. The number of hydrogen-bond acceptors (Lipinski definition) is 13. The van der Waals surface area contributed by atoms with Crippen molar-refractivity contribution in [2.45, 2.75) is 188 Å². The zero-order chi connectivity index (χ0) is 52.3. The Balaban J connectivity index is -0.0000106. The monoisotopic (exact) mass is 995 g/mol. The number of halogens is 1. The number of ether oxygens (including phenoxy) is 4. The van der Waals surface area contributed by atoms with Crippen LogP contribution in [0.15, 0.2) is 0 Å². The van der Waals surface area contributed by atoms with Crippen molar-refractivity contribution in [3.05, 3.63) is 0 Å². The zero-order valence-electron chi connectivity index (χ0n) is 42.6. The first-order valence-corrected chi connectivity index (χ1v) is 25.3. The minimum atomic E-state index is -1.65. The molecule has 9 N–H and O–H groups in total. The lowest BCUT2D eigenvalue weighted by molar-refractivity contribution is -0.142. The molecule has 0 saturated heterocycles. The topological polar surface area (TPSA) is 300 Å². The van der Waals surface area contributed by atoms with Crippen LogP contribution in [0.25, 0.3) is 0 Å². The van der Waals surface area contributed by atoms with Crippen LogP contribution in [0.2, 0.25) is 0 Å². The third-order valence-electron chi connectivity index (χ3n) is 9.93. The summed E-state index contributed by atoms with van der Waals surface area (Å²) >= 11 is 0. The molecule has 3 unspecified atom stereocenters. The van der Waals surface area contributed by atoms with E-state index in [4.69, 9.17) is 29.8 Å². The fourth-order valence-corrected chi connectivity index (χ4v) is 6.21. The summed E-state index contributed by atoms with van der Waals surface area (Å²) in [6, 6.07) is -4.94. The van der Waals surface area contributed by atoms with E-state index in [0.29, 0.717) is 19.3 Å². The Morgan fingerprint density at radius 2 is 0.884 bits per heavy atom. The molecule has 0 aliphatic heterocycles. The molecule has 0 rings (SSSR count). The van der Waals surface area contributed by atoms with Gasteiger partial charge in [-0.3, -0.25) is 33.6 Å². The maximum atomic E-state index is 13.1. The van der Waals surface area contributed by atoms with Gasteiger partial charge < -0.3 is 61.5 Å². The molecule has 0 fully saturated rings. The lowest BCUT2D eigenvalue weighted by Gasteiger charge is -2.15. The van der Waals surface area contributed by atoms with Crippen LogP contribution in [-0.2, 0) is 57.3 Å². The van der Waals surface area contributed by atoms with Gasteiger partial charge in [-0.15, -0.1) is 0 Å². The van der Waals surface area contributed by atoms with Crippen LogP contribution in [-0.4, -0.2) is 148 Å². The largest absolute Gasteiger partial charge is 0.481 e. The second-order valence-electron chi connectivity index (χ2n) is 15.9. The number of rotatable bonds is 46. The smallest absolute Gasteiger partial charge is 0.326 e. The SMILES string of the molecule is CC.CC.CC(N)C(=O)NC(CCCCNC(=O)COCCOCCNC(=O)COCCOCCNC(=O)CCC(NC(=O)CCCCCCCCCCCCCCCCC(=O)O)C(=O)O)C(=O)F. The van der Waals surface area contributed by atoms with Crippen molar-refractivity contribution in [2.75, 3.05) is 72.5 Å². The summed E-state index contributed by atoms with van der Waals surface area (Å²) in [6.45, 7) is 10.8. The Labute approximate surface area is 410 Å². The fraction of sp³-hybridized carbons (Fsp3) is 0.833. The molecule has 0 aromatic heterocycles. The van der Waals surface area contributed by atoms with Crippen LogP contribution in [0.5, 0.6) is 0 Å². The van der Waals surface area contributed by atoms with Gasteiger partial charge in [0.05, 0.1) is 45.7 Å². The molecule has 20 nitrogen and oxygen atoms in total. The number of amides is 5. The number of carboxylic acid groups (broad SMARTS) is 2. The van der Waals surface area contributed by atoms with Crippen LogP contribution < -0.4 is 32.3 Å². The molecule has 0 aliphatic rings. The second kappa shape index (κ2) is 51.5. The first-order valence-electron chi connectivity index (χ1n) is 25.3. The van der Waals surface area contributed by atoms with Gasteiger partial charge in [0.25, 0.3) is 0 Å². The number of nitrogens with two attached hydrogens (primary N) is 1. The standard InChI is InChI=1S/C44H79FN6O14.2C2H6/c1-34(46)43(59)51-35(42(45)58)18-16-17-23-47-39(54)32-64-30-29-63-27-25-49-40(55)33-65-31-28-62-26-24-48-37(52)22-21-36(44(60)61)50-38(53)19-14-12-10-8-6-4-2-3-5-7-9-11-13-15-20-41(56)57;2*1-2/h34-36H,2-33,46H2,1H3,(H,47,54)(H,48,52)(H,49,55)(H,50,53)(H,51,59)(H,56,57)(H,60,61);2*1-2H3. The quantitative estimate of drug-likeness (QED) is 0.0305. The Morgan fingerprint density at radius 3 is 1.32 bits per heavy atom. The minimum absolute atomic E-state index is 0.0416. The Bertz CT molecular complexity index is 1350. The van der Waals surface area contributed by atoms with Crippen LogP contribution in [0, 0.1) is 0 Å². The minimum Gasteiger partial charge on any atom is -0.481 e. The highest BCUT2D eigenvalue weighted by Crippen LogP contribution is 2.14. The van der Waals surface area contributed by atoms with Gasteiger partial charge in [0, 0.05) is 38.9 Å². The molecule has 0 bridgehead atoms. The van der Waals surface area contributed by atoms with E-state index in [2.05, 4.69) is 26.6 Å². The molecule has 0 heterocycles. The van der Waals surface area contributed by atoms with Crippen molar-refractivity contribution in [3.63, 3.8) is 0 Å². The van der Waals surface area contributed by atoms with Gasteiger partial charge in [0.2, 0.25) is 29.5 Å². The molecule has 5 amide bonds. The van der Waals surface area contributed by atoms with Crippen molar-refractivity contribution in [3.8, 4) is 0 Å². The molecule has 0 saturated carbocycles. The number of carboxylic acids is 2. The Hall–Kier alpha value is -4.31. The van der Waals surface area contributed by atoms with Gasteiger partial charge in [-0.05, 0) is 45.4 Å². The molecule has 0 spiro atoms. The lowest BCUT2D eigenvalue weighted by Crippen LogP contribution is -2.46. The third-order valence-corrected chi connectivity index (χ3v) is 9.93. The number of unbranched alkanes of at least 4 members (excludes halogenated alkanes) is 14. The number of carbonyl (C=O) groups excluding carboxylic acids is 6. The summed E-state index contributed by atoms with van der Waals surface area (Å²) in [5.41, 5.74) is 5.41. The highest BCUT2D eigenvalue weighted by molar-refractivity contribution is 5.87. The van der Waals surface area contributed by atoms with E-state index in [9.17, 15) is 47.9 Å². The first-order chi connectivity index (χ1) is 33.2. The van der Waals surface area contributed by atoms with Crippen LogP contribution in [0.1, 0.15) is 169 Å². The summed E-state index contributed by atoms with van der Waals surface area (Å²) < 4.78 is 34.4. The molecule has 0 aliphatic carbocycles. The molecular formula is C48H91FN6O14. The summed E-state index contributed by atoms with van der Waals surface area (Å²) in [7, 11) is 0. The fourth-order valence-electron chi connectivity index (χ4n) is 6.21. The van der Waals surface area contributed by atoms with Gasteiger partial charge in [-0.25, -0.2) is 4.79 Å². The molecule has 0 radical (unpaired) electrons. The van der Waals surface area contributed by atoms with E-state index in [0.717, 1.165) is 44.9 Å². The summed E-state index contributed by atoms with van der Waals surface area (Å²) in [5.74, 6) is -3.97. The molecule has 3 atom stereocenters. The van der Waals surface area contributed by atoms with E-state index in [1.807, 2.05) is 27.7 Å². The maximum Gasteiger partial charge on any atom is 0.326 e. The summed E-state index contributed by atoms with van der Waals surface area (Å²) in [6.07, 6.45) is 16.2. The van der Waals surface area contributed by atoms with Gasteiger partial charge in [-0.1, -0.05) is 105 Å². The number of aliphatic carboxylic acids is 2. The van der Waals surface area contributed by atoms with Crippen LogP contribution in [0.3, 0.4) is 0 Å². The normalized spacial score (nSPS) is 11.9. The summed E-state index contributed by atoms with van der Waals surface area (Å²) in [5, 5.41) is 30.8. The van der Waals surface area contributed by atoms with Crippen molar-refractivity contribution in [1.82, 2.24) is 26.6 Å². The van der Waals surface area contributed by atoms with Crippen molar-refractivity contribution in [1.29, 1.82) is 0 Å². The summed E-state index contributed by atoms with van der Waals surface area (Å²) in [4.78, 5) is 93.1. The van der Waals surface area contributed by atoms with Crippen molar-refractivity contribution < 1.29 is 71.9 Å². The lowest BCUT2D eigenvalue weighted by atomic mass is 10.0. The highest BCUT2D eigenvalue weighted by atomic mass is 19.1. The third kappa shape index (κ3) is 49.9. The van der Waals surface area contributed by atoms with Gasteiger partial charge in [0.15, 0.2) is 0 Å². The van der Waals surface area contributed by atoms with Crippen molar-refractivity contribution >= 4 is 47.5 Å². The van der Waals surface area contributed by atoms with Gasteiger partial charge >= 0.3 is 18.0 Å². The molecule has 0 aromatic rings. The van der Waals surface area contributed by atoms with E-state index < -0.39 is 42.0 Å². The van der Waals surface area contributed by atoms with Crippen LogP contribution >= 0.6 is 0 Å². The zero-order valence-corrected chi connectivity index (χ0v) is 42.6. The van der Waals surface area contributed by atoms with E-state index in [1.54, 1.807) is 0 Å². The van der Waals surface area contributed by atoms with Gasteiger partial charge in [0.1, 0.15) is 25.3 Å². The highest BCUT2D eigenvalue weighted by Gasteiger charge is 2.22. The molecule has 69 heavy (non-hydrogen) atoms. The molecule has 404 valence electrons. The first kappa shape index (κ1) is 69.0. The number of carbonyl (C=O) groups is 8. The predicted octanol–water partition coefficient (Wildman–Crippen LogP) is 4.63. The average Bonchev–Trinajstić information content (AvgIpc) is 3.32. The molecular weight excluding hydrogens is 904 g/mol. The van der Waals surface area contributed by atoms with E-state index in [1.165, 1.54) is 45.4 Å². The Kier molecular flexibility index (Phi) is 51.5.